The molecule has 0 spiro atoms. The lowest BCUT2D eigenvalue weighted by atomic mass is 10.1. The zero-order valence-electron chi connectivity index (χ0n) is 19.1. The van der Waals surface area contributed by atoms with E-state index >= 15 is 0 Å². The highest BCUT2D eigenvalue weighted by molar-refractivity contribution is 5.85. The van der Waals surface area contributed by atoms with E-state index in [9.17, 15) is 9.18 Å². The molecule has 178 valence electrons. The van der Waals surface area contributed by atoms with Crippen molar-refractivity contribution >= 4 is 18.3 Å². The molecule has 0 aliphatic heterocycles. The number of likely N-dealkylation sites (N-methyl/N-ethyl adjacent to an activating group) is 1. The zero-order chi connectivity index (χ0) is 22.9. The Balaban J connectivity index is 0.00000385. The molecule has 0 atom stereocenters. The molecule has 0 radical (unpaired) electrons. The quantitative estimate of drug-likeness (QED) is 0.406. The number of carbonyl (C=O) groups is 1. The van der Waals surface area contributed by atoms with E-state index in [1.807, 2.05) is 36.4 Å². The van der Waals surface area contributed by atoms with Gasteiger partial charge in [-0.1, -0.05) is 18.2 Å². The summed E-state index contributed by atoms with van der Waals surface area (Å²) in [6, 6.07) is 15.8. The van der Waals surface area contributed by atoms with E-state index in [-0.39, 0.29) is 30.7 Å². The van der Waals surface area contributed by atoms with Crippen LogP contribution in [0.25, 0.3) is 0 Å². The molecule has 0 saturated carbocycles. The van der Waals surface area contributed by atoms with Crippen LogP contribution in [0.2, 0.25) is 0 Å². The highest BCUT2D eigenvalue weighted by atomic mass is 35.5. The topological polar surface area (TPSA) is 55.2 Å². The van der Waals surface area contributed by atoms with Gasteiger partial charge in [-0.25, -0.2) is 4.39 Å². The van der Waals surface area contributed by atoms with Crippen LogP contribution in [0.4, 0.5) is 4.39 Å². The maximum atomic E-state index is 13.4. The number of carbonyl (C=O) groups excluding carboxylic acids is 1. The second kappa shape index (κ2) is 12.9. The van der Waals surface area contributed by atoms with Crippen LogP contribution in [0.1, 0.15) is 16.9 Å². The standard InChI is InChI=1S/C25H29FN2O4.ClH/c1-27(2)25(29)17-28(16-22-8-5-13-31-22)12-11-19-9-10-23(24(15-19)30-3)32-18-20-6-4-7-21(26)14-20;/h4-10,13-15H,11-12,16-18H2,1-3H3;1H. The average molecular weight is 477 g/mol. The lowest BCUT2D eigenvalue weighted by molar-refractivity contribution is -0.130. The molecule has 0 aliphatic rings. The summed E-state index contributed by atoms with van der Waals surface area (Å²) in [5.41, 5.74) is 1.80. The first kappa shape index (κ1) is 26.2. The number of furan rings is 1. The minimum atomic E-state index is -0.291. The van der Waals surface area contributed by atoms with Gasteiger partial charge < -0.3 is 18.8 Å². The molecule has 6 nitrogen and oxygen atoms in total. The summed E-state index contributed by atoms with van der Waals surface area (Å²) in [6.45, 7) is 1.78. The minimum absolute atomic E-state index is 0. The lowest BCUT2D eigenvalue weighted by Crippen LogP contribution is -2.37. The monoisotopic (exact) mass is 476 g/mol. The zero-order valence-corrected chi connectivity index (χ0v) is 19.9. The fraction of sp³-hybridized carbons (Fsp3) is 0.320. The lowest BCUT2D eigenvalue weighted by Gasteiger charge is -2.23. The van der Waals surface area contributed by atoms with Gasteiger partial charge in [0.05, 0.1) is 26.5 Å². The molecule has 0 N–H and O–H groups in total. The number of benzene rings is 2. The molecule has 8 heteroatoms. The maximum Gasteiger partial charge on any atom is 0.236 e. The molecule has 2 aromatic carbocycles. The van der Waals surface area contributed by atoms with Gasteiger partial charge in [0.15, 0.2) is 11.5 Å². The summed E-state index contributed by atoms with van der Waals surface area (Å²) >= 11 is 0. The molecule has 1 aromatic heterocycles. The molecule has 1 amide bonds. The molecule has 0 saturated heterocycles. The Kier molecular flexibility index (Phi) is 10.2. The molecular formula is C25H30ClFN2O4. The Bertz CT molecular complexity index is 1010. The fourth-order valence-electron chi connectivity index (χ4n) is 3.23. The SMILES string of the molecule is COc1cc(CCN(CC(=O)N(C)C)Cc2ccco2)ccc1OCc1cccc(F)c1.Cl. The number of rotatable bonds is 11. The predicted molar refractivity (Wildman–Crippen MR) is 127 cm³/mol. The Morgan fingerprint density at radius 2 is 1.85 bits per heavy atom. The molecule has 33 heavy (non-hydrogen) atoms. The summed E-state index contributed by atoms with van der Waals surface area (Å²) < 4.78 is 30.2. The summed E-state index contributed by atoms with van der Waals surface area (Å²) in [5, 5.41) is 0. The number of halogens is 2. The third kappa shape index (κ3) is 8.11. The Hall–Kier alpha value is -3.03. The van der Waals surface area contributed by atoms with Crippen LogP contribution < -0.4 is 9.47 Å². The Labute approximate surface area is 200 Å². The first-order valence-electron chi connectivity index (χ1n) is 10.4. The second-order valence-electron chi connectivity index (χ2n) is 7.73. The Morgan fingerprint density at radius 1 is 1.03 bits per heavy atom. The maximum absolute atomic E-state index is 13.4. The van der Waals surface area contributed by atoms with Gasteiger partial charge in [0, 0.05) is 20.6 Å². The van der Waals surface area contributed by atoms with Gasteiger partial charge in [0.2, 0.25) is 5.91 Å². The van der Waals surface area contributed by atoms with Crippen LogP contribution in [0.3, 0.4) is 0 Å². The second-order valence-corrected chi connectivity index (χ2v) is 7.73. The van der Waals surface area contributed by atoms with Crippen molar-refractivity contribution in [1.82, 2.24) is 9.80 Å². The fourth-order valence-corrected chi connectivity index (χ4v) is 3.23. The van der Waals surface area contributed by atoms with Gasteiger partial charge in [-0.3, -0.25) is 9.69 Å². The van der Waals surface area contributed by atoms with E-state index in [4.69, 9.17) is 13.9 Å². The predicted octanol–water partition coefficient (Wildman–Crippen LogP) is 4.56. The molecular weight excluding hydrogens is 447 g/mol. The van der Waals surface area contributed by atoms with Gasteiger partial charge in [0.25, 0.3) is 0 Å². The number of nitrogens with zero attached hydrogens (tertiary/aromatic N) is 2. The van der Waals surface area contributed by atoms with E-state index in [0.717, 1.165) is 23.3 Å². The van der Waals surface area contributed by atoms with Gasteiger partial charge in [-0.05, 0) is 53.9 Å². The van der Waals surface area contributed by atoms with Crippen LogP contribution >= 0.6 is 12.4 Å². The number of hydrogen-bond acceptors (Lipinski definition) is 5. The van der Waals surface area contributed by atoms with E-state index < -0.39 is 0 Å². The normalized spacial score (nSPS) is 10.6. The van der Waals surface area contributed by atoms with E-state index in [1.54, 1.807) is 38.4 Å². The molecule has 0 fully saturated rings. The summed E-state index contributed by atoms with van der Waals surface area (Å²) in [5.74, 6) is 1.77. The van der Waals surface area contributed by atoms with Crippen LogP contribution in [0, 0.1) is 5.82 Å². The molecule has 0 bridgehead atoms. The van der Waals surface area contributed by atoms with Crippen molar-refractivity contribution in [2.75, 3.05) is 34.3 Å². The van der Waals surface area contributed by atoms with Crippen molar-refractivity contribution in [1.29, 1.82) is 0 Å². The number of hydrogen-bond donors (Lipinski definition) is 0. The largest absolute Gasteiger partial charge is 0.493 e. The number of ether oxygens (including phenoxy) is 2. The number of methoxy groups -OCH3 is 1. The summed E-state index contributed by atoms with van der Waals surface area (Å²) in [4.78, 5) is 15.9. The Morgan fingerprint density at radius 3 is 2.52 bits per heavy atom. The first-order valence-corrected chi connectivity index (χ1v) is 10.4. The first-order chi connectivity index (χ1) is 15.4. The third-order valence-corrected chi connectivity index (χ3v) is 5.05. The van der Waals surface area contributed by atoms with E-state index in [0.29, 0.717) is 31.1 Å². The van der Waals surface area contributed by atoms with Gasteiger partial charge in [-0.2, -0.15) is 0 Å². The van der Waals surface area contributed by atoms with Crippen molar-refractivity contribution in [3.8, 4) is 11.5 Å². The van der Waals surface area contributed by atoms with Crippen LogP contribution in [0.5, 0.6) is 11.5 Å². The van der Waals surface area contributed by atoms with Crippen LogP contribution in [0.15, 0.2) is 65.3 Å². The summed E-state index contributed by atoms with van der Waals surface area (Å²) in [6.07, 6.45) is 2.36. The highest BCUT2D eigenvalue weighted by Crippen LogP contribution is 2.29. The van der Waals surface area contributed by atoms with Crippen molar-refractivity contribution < 1.29 is 23.1 Å². The van der Waals surface area contributed by atoms with E-state index in [2.05, 4.69) is 4.90 Å². The molecule has 1 heterocycles. The van der Waals surface area contributed by atoms with Gasteiger partial charge >= 0.3 is 0 Å². The molecule has 3 aromatic rings. The van der Waals surface area contributed by atoms with Gasteiger partial charge in [-0.15, -0.1) is 12.4 Å². The molecule has 3 rings (SSSR count). The van der Waals surface area contributed by atoms with Crippen molar-refractivity contribution in [2.45, 2.75) is 19.6 Å². The average Bonchev–Trinajstić information content (AvgIpc) is 3.29. The van der Waals surface area contributed by atoms with E-state index in [1.165, 1.54) is 12.1 Å². The molecule has 0 aliphatic carbocycles. The minimum Gasteiger partial charge on any atom is -0.493 e. The smallest absolute Gasteiger partial charge is 0.236 e. The van der Waals surface area contributed by atoms with Crippen LogP contribution in [-0.4, -0.2) is 50.0 Å². The molecule has 0 unspecified atom stereocenters. The highest BCUT2D eigenvalue weighted by Gasteiger charge is 2.15. The van der Waals surface area contributed by atoms with Crippen molar-refractivity contribution in [3.05, 3.63) is 83.6 Å². The number of amides is 1. The van der Waals surface area contributed by atoms with Gasteiger partial charge in [0.1, 0.15) is 18.2 Å². The van der Waals surface area contributed by atoms with Crippen molar-refractivity contribution in [3.63, 3.8) is 0 Å². The third-order valence-electron chi connectivity index (χ3n) is 5.05. The van der Waals surface area contributed by atoms with Crippen LogP contribution in [-0.2, 0) is 24.4 Å². The summed E-state index contributed by atoms with van der Waals surface area (Å²) in [7, 11) is 5.09. The van der Waals surface area contributed by atoms with Crippen molar-refractivity contribution in [2.24, 2.45) is 0 Å².